The van der Waals surface area contributed by atoms with Crippen LogP contribution in [0.4, 0.5) is 0 Å². The summed E-state index contributed by atoms with van der Waals surface area (Å²) in [4.78, 5) is 0. The Kier molecular flexibility index (Phi) is 6.54. The van der Waals surface area contributed by atoms with Crippen LogP contribution in [0.5, 0.6) is 0 Å². The molecule has 0 aromatic heterocycles. The molecule has 0 amide bonds. The van der Waals surface area contributed by atoms with Crippen LogP contribution in [0.25, 0.3) is 0 Å². The number of epoxide rings is 1. The van der Waals surface area contributed by atoms with Gasteiger partial charge in [-0.15, -0.1) is 0 Å². The van der Waals surface area contributed by atoms with Gasteiger partial charge in [0.1, 0.15) is 6.10 Å². The molecule has 1 rings (SSSR count). The zero-order chi connectivity index (χ0) is 14.5. The van der Waals surface area contributed by atoms with Gasteiger partial charge in [0.2, 0.25) is 0 Å². The first-order chi connectivity index (χ1) is 8.78. The van der Waals surface area contributed by atoms with E-state index in [9.17, 15) is 0 Å². The summed E-state index contributed by atoms with van der Waals surface area (Å²) in [6.07, 6.45) is 8.61. The first kappa shape index (κ1) is 17.2. The third-order valence-electron chi connectivity index (χ3n) is 4.62. The maximum atomic E-state index is 6.55. The van der Waals surface area contributed by atoms with Gasteiger partial charge in [0.05, 0.1) is 12.7 Å². The molecule has 0 spiro atoms. The van der Waals surface area contributed by atoms with Gasteiger partial charge in [0.15, 0.2) is 8.32 Å². The molecule has 1 fully saturated rings. The van der Waals surface area contributed by atoms with Crippen molar-refractivity contribution in [1.82, 2.24) is 0 Å². The van der Waals surface area contributed by atoms with Gasteiger partial charge in [-0.2, -0.15) is 0 Å². The van der Waals surface area contributed by atoms with Crippen molar-refractivity contribution in [2.75, 3.05) is 6.61 Å². The van der Waals surface area contributed by atoms with Crippen molar-refractivity contribution in [3.05, 3.63) is 0 Å². The number of ether oxygens (including phenoxy) is 1. The first-order valence-electron chi connectivity index (χ1n) is 8.07. The lowest BCUT2D eigenvalue weighted by atomic mass is 10.1. The zero-order valence-corrected chi connectivity index (χ0v) is 14.9. The lowest BCUT2D eigenvalue weighted by molar-refractivity contribution is 0.131. The molecule has 0 N–H and O–H groups in total. The Labute approximate surface area is 121 Å². The van der Waals surface area contributed by atoms with E-state index < -0.39 is 8.32 Å². The molecule has 1 aliphatic heterocycles. The van der Waals surface area contributed by atoms with Crippen LogP contribution in [0.3, 0.4) is 0 Å². The van der Waals surface area contributed by atoms with Gasteiger partial charge < -0.3 is 9.16 Å². The Hall–Kier alpha value is 0.137. The normalized spacial score (nSPS) is 21.5. The van der Waals surface area contributed by atoms with Gasteiger partial charge in [0.25, 0.3) is 0 Å². The summed E-state index contributed by atoms with van der Waals surface area (Å²) in [6.45, 7) is 14.8. The molecular weight excluding hydrogens is 252 g/mol. The third-order valence-corrected chi connectivity index (χ3v) is 9.12. The highest BCUT2D eigenvalue weighted by Crippen LogP contribution is 2.39. The van der Waals surface area contributed by atoms with Crippen LogP contribution in [0.15, 0.2) is 0 Å². The summed E-state index contributed by atoms with van der Waals surface area (Å²) in [6, 6.07) is 0. The third kappa shape index (κ3) is 5.97. The van der Waals surface area contributed by atoms with Crippen molar-refractivity contribution in [2.24, 2.45) is 0 Å². The molecule has 0 aromatic carbocycles. The van der Waals surface area contributed by atoms with Crippen molar-refractivity contribution in [1.29, 1.82) is 0 Å². The molecule has 0 unspecified atom stereocenters. The average molecular weight is 287 g/mol. The monoisotopic (exact) mass is 286 g/mol. The molecule has 0 radical (unpaired) electrons. The molecular formula is C16H34O2Si. The number of rotatable bonds is 9. The first-order valence-corrected chi connectivity index (χ1v) is 11.0. The Morgan fingerprint density at radius 3 is 2.21 bits per heavy atom. The van der Waals surface area contributed by atoms with Crippen LogP contribution in [0.2, 0.25) is 18.1 Å². The van der Waals surface area contributed by atoms with E-state index in [1.807, 2.05) is 0 Å². The Morgan fingerprint density at radius 1 is 1.16 bits per heavy atom. The van der Waals surface area contributed by atoms with Crippen molar-refractivity contribution in [3.8, 4) is 0 Å². The van der Waals surface area contributed by atoms with Crippen molar-refractivity contribution in [2.45, 2.75) is 96.6 Å². The maximum absolute atomic E-state index is 6.55. The van der Waals surface area contributed by atoms with Crippen LogP contribution >= 0.6 is 0 Å². The Balaban J connectivity index is 2.37. The van der Waals surface area contributed by atoms with E-state index in [4.69, 9.17) is 9.16 Å². The second kappa shape index (κ2) is 7.23. The minimum atomic E-state index is -1.65. The second-order valence-corrected chi connectivity index (χ2v) is 12.2. The van der Waals surface area contributed by atoms with Crippen LogP contribution in [0, 0.1) is 0 Å². The fraction of sp³-hybridized carbons (Fsp3) is 1.00. The summed E-state index contributed by atoms with van der Waals surface area (Å²) in [5.41, 5.74) is 0. The summed E-state index contributed by atoms with van der Waals surface area (Å²) < 4.78 is 12.1. The molecule has 2 atom stereocenters. The number of unbranched alkanes of at least 4 members (excludes halogenated alkanes) is 4. The summed E-state index contributed by atoms with van der Waals surface area (Å²) in [5, 5.41) is 0.294. The molecule has 19 heavy (non-hydrogen) atoms. The van der Waals surface area contributed by atoms with Crippen LogP contribution in [-0.4, -0.2) is 27.1 Å². The molecule has 0 aromatic rings. The molecule has 0 aliphatic carbocycles. The Bertz CT molecular complexity index is 254. The van der Waals surface area contributed by atoms with Crippen LogP contribution in [0.1, 0.15) is 66.2 Å². The average Bonchev–Trinajstić information content (AvgIpc) is 3.09. The fourth-order valence-corrected chi connectivity index (χ4v) is 3.48. The van der Waals surface area contributed by atoms with E-state index in [1.54, 1.807) is 0 Å². The molecule has 1 aliphatic rings. The Morgan fingerprint density at radius 2 is 1.74 bits per heavy atom. The summed E-state index contributed by atoms with van der Waals surface area (Å²) in [5.74, 6) is 0. The van der Waals surface area contributed by atoms with Crippen molar-refractivity contribution < 1.29 is 9.16 Å². The summed E-state index contributed by atoms with van der Waals surface area (Å²) in [7, 11) is -1.65. The molecule has 3 heteroatoms. The highest BCUT2D eigenvalue weighted by Gasteiger charge is 2.43. The maximum Gasteiger partial charge on any atom is 0.192 e. The van der Waals surface area contributed by atoms with Gasteiger partial charge in [-0.25, -0.2) is 0 Å². The predicted molar refractivity (Wildman–Crippen MR) is 85.2 cm³/mol. The van der Waals surface area contributed by atoms with Crippen LogP contribution in [-0.2, 0) is 9.16 Å². The van der Waals surface area contributed by atoms with Gasteiger partial charge in [-0.1, -0.05) is 59.8 Å². The van der Waals surface area contributed by atoms with Crippen molar-refractivity contribution >= 4 is 8.32 Å². The van der Waals surface area contributed by atoms with Gasteiger partial charge in [-0.05, 0) is 24.6 Å². The number of hydrogen-bond donors (Lipinski definition) is 0. The van der Waals surface area contributed by atoms with E-state index in [0.29, 0.717) is 17.2 Å². The molecule has 0 bridgehead atoms. The number of hydrogen-bond acceptors (Lipinski definition) is 2. The highest BCUT2D eigenvalue weighted by atomic mass is 28.4. The quantitative estimate of drug-likeness (QED) is 0.333. The summed E-state index contributed by atoms with van der Waals surface area (Å²) >= 11 is 0. The topological polar surface area (TPSA) is 21.8 Å². The fourth-order valence-electron chi connectivity index (χ4n) is 2.10. The highest BCUT2D eigenvalue weighted by molar-refractivity contribution is 6.74. The smallest absolute Gasteiger partial charge is 0.192 e. The molecule has 114 valence electrons. The van der Waals surface area contributed by atoms with Gasteiger partial charge >= 0.3 is 0 Å². The molecule has 2 nitrogen and oxygen atoms in total. The van der Waals surface area contributed by atoms with E-state index in [-0.39, 0.29) is 0 Å². The van der Waals surface area contributed by atoms with E-state index in [1.165, 1.54) is 38.5 Å². The lowest BCUT2D eigenvalue weighted by Gasteiger charge is -2.39. The lowest BCUT2D eigenvalue weighted by Crippen LogP contribution is -2.45. The molecule has 1 saturated heterocycles. The predicted octanol–water partition coefficient (Wildman–Crippen LogP) is 5.14. The van der Waals surface area contributed by atoms with E-state index in [2.05, 4.69) is 40.8 Å². The van der Waals surface area contributed by atoms with E-state index >= 15 is 0 Å². The minimum absolute atomic E-state index is 0.294. The minimum Gasteiger partial charge on any atom is -0.411 e. The molecule has 0 saturated carbocycles. The zero-order valence-electron chi connectivity index (χ0n) is 13.9. The molecule has 1 heterocycles. The largest absolute Gasteiger partial charge is 0.411 e. The standard InChI is InChI=1S/C16H34O2Si/c1-7-8-9-10-11-12-14(15-13-17-15)18-19(5,6)16(2,3)4/h14-15H,7-13H2,1-6H3/t14-,15-/m1/s1. The van der Waals surface area contributed by atoms with E-state index in [0.717, 1.165) is 6.61 Å². The van der Waals surface area contributed by atoms with Gasteiger partial charge in [-0.3, -0.25) is 0 Å². The van der Waals surface area contributed by atoms with Gasteiger partial charge in [0, 0.05) is 0 Å². The SMILES string of the molecule is CCCCCCC[C@@H](O[Si](C)(C)C(C)(C)C)[C@H]1CO1. The van der Waals surface area contributed by atoms with Crippen molar-refractivity contribution in [3.63, 3.8) is 0 Å². The van der Waals surface area contributed by atoms with Crippen LogP contribution < -0.4 is 0 Å². The second-order valence-electron chi connectivity index (χ2n) is 7.49.